The third-order valence-electron chi connectivity index (χ3n) is 2.25. The van der Waals surface area contributed by atoms with Gasteiger partial charge in [0.15, 0.2) is 0 Å². The number of nitrogens with one attached hydrogen (secondary N) is 1. The Labute approximate surface area is 105 Å². The Kier molecular flexibility index (Phi) is 5.46. The molecule has 0 aliphatic heterocycles. The van der Waals surface area contributed by atoms with Gasteiger partial charge in [-0.15, -0.1) is 0 Å². The highest BCUT2D eigenvalue weighted by molar-refractivity contribution is 9.10. The molecule has 1 N–H and O–H groups in total. The number of amides is 1. The molecule has 0 spiro atoms. The van der Waals surface area contributed by atoms with Gasteiger partial charge < -0.3 is 5.32 Å². The van der Waals surface area contributed by atoms with Gasteiger partial charge >= 0.3 is 0 Å². The van der Waals surface area contributed by atoms with E-state index in [4.69, 9.17) is 0 Å². The molecule has 0 fully saturated rings. The predicted octanol–water partition coefficient (Wildman–Crippen LogP) is 3.01. The van der Waals surface area contributed by atoms with Gasteiger partial charge in [0.25, 0.3) is 5.91 Å². The van der Waals surface area contributed by atoms with E-state index >= 15 is 0 Å². The highest BCUT2D eigenvalue weighted by atomic mass is 79.9. The molecule has 88 valence electrons. The quantitative estimate of drug-likeness (QED) is 0.667. The van der Waals surface area contributed by atoms with Crippen LogP contribution in [0.4, 0.5) is 0 Å². The molecule has 1 heterocycles. The summed E-state index contributed by atoms with van der Waals surface area (Å²) in [6, 6.07) is 3.52. The van der Waals surface area contributed by atoms with E-state index < -0.39 is 0 Å². The van der Waals surface area contributed by atoms with Crippen molar-refractivity contribution in [2.45, 2.75) is 26.7 Å². The van der Waals surface area contributed by atoms with E-state index in [1.54, 1.807) is 18.3 Å². The van der Waals surface area contributed by atoms with Crippen molar-refractivity contribution < 1.29 is 4.79 Å². The van der Waals surface area contributed by atoms with Crippen LogP contribution in [0.15, 0.2) is 22.9 Å². The second-order valence-electron chi connectivity index (χ2n) is 4.13. The molecule has 1 aromatic heterocycles. The van der Waals surface area contributed by atoms with Crippen molar-refractivity contribution in [2.24, 2.45) is 5.92 Å². The molecular weight excluding hydrogens is 268 g/mol. The summed E-state index contributed by atoms with van der Waals surface area (Å²) in [4.78, 5) is 15.7. The predicted molar refractivity (Wildman–Crippen MR) is 68.3 cm³/mol. The van der Waals surface area contributed by atoms with E-state index in [0.29, 0.717) is 16.1 Å². The molecule has 1 amide bonds. The molecule has 4 heteroatoms. The normalized spacial score (nSPS) is 10.5. The van der Waals surface area contributed by atoms with Crippen LogP contribution in [0.1, 0.15) is 37.0 Å². The number of aromatic nitrogens is 1. The molecule has 0 bridgehead atoms. The molecule has 0 aliphatic carbocycles. The molecule has 3 nitrogen and oxygen atoms in total. The maximum atomic E-state index is 11.7. The fourth-order valence-corrected chi connectivity index (χ4v) is 1.79. The summed E-state index contributed by atoms with van der Waals surface area (Å²) in [6.45, 7) is 5.08. The average molecular weight is 285 g/mol. The summed E-state index contributed by atoms with van der Waals surface area (Å²) in [6.07, 6.45) is 3.80. The first-order chi connectivity index (χ1) is 7.61. The number of carbonyl (C=O) groups excluding carboxylic acids is 1. The van der Waals surface area contributed by atoms with Crippen LogP contribution < -0.4 is 5.32 Å². The monoisotopic (exact) mass is 284 g/mol. The van der Waals surface area contributed by atoms with E-state index in [0.717, 1.165) is 19.4 Å². The minimum Gasteiger partial charge on any atom is -0.352 e. The Balaban J connectivity index is 2.39. The van der Waals surface area contributed by atoms with Crippen molar-refractivity contribution >= 4 is 21.8 Å². The molecule has 0 atom stereocenters. The van der Waals surface area contributed by atoms with E-state index in [9.17, 15) is 4.79 Å². The lowest BCUT2D eigenvalue weighted by Gasteiger charge is -2.07. The number of halogens is 1. The first kappa shape index (κ1) is 13.2. The number of carbonyl (C=O) groups is 1. The second kappa shape index (κ2) is 6.63. The molecule has 1 rings (SSSR count). The highest BCUT2D eigenvalue weighted by Crippen LogP contribution is 2.12. The number of pyridine rings is 1. The molecular formula is C12H17BrN2O. The molecule has 0 unspecified atom stereocenters. The fraction of sp³-hybridized carbons (Fsp3) is 0.500. The zero-order valence-electron chi connectivity index (χ0n) is 9.66. The van der Waals surface area contributed by atoms with Gasteiger partial charge in [0.1, 0.15) is 4.60 Å². The van der Waals surface area contributed by atoms with Gasteiger partial charge in [-0.25, -0.2) is 4.98 Å². The number of hydrogen-bond acceptors (Lipinski definition) is 2. The summed E-state index contributed by atoms with van der Waals surface area (Å²) >= 11 is 3.26. The van der Waals surface area contributed by atoms with Crippen molar-refractivity contribution in [3.05, 3.63) is 28.5 Å². The van der Waals surface area contributed by atoms with E-state index in [1.807, 2.05) is 0 Å². The lowest BCUT2D eigenvalue weighted by molar-refractivity contribution is 0.0951. The summed E-state index contributed by atoms with van der Waals surface area (Å²) < 4.78 is 0.594. The van der Waals surface area contributed by atoms with Gasteiger partial charge in [-0.2, -0.15) is 0 Å². The lowest BCUT2D eigenvalue weighted by Crippen LogP contribution is -2.25. The summed E-state index contributed by atoms with van der Waals surface area (Å²) in [5.74, 6) is 0.616. The zero-order chi connectivity index (χ0) is 12.0. The smallest absolute Gasteiger partial charge is 0.254 e. The average Bonchev–Trinajstić information content (AvgIpc) is 2.24. The second-order valence-corrected chi connectivity index (χ2v) is 4.88. The van der Waals surface area contributed by atoms with Gasteiger partial charge in [-0.05, 0) is 46.8 Å². The minimum atomic E-state index is -0.0660. The largest absolute Gasteiger partial charge is 0.352 e. The lowest BCUT2D eigenvalue weighted by atomic mass is 10.1. The standard InChI is InChI=1S/C12H17BrN2O/c1-9(2)5-3-8-15-12(16)10-6-4-7-14-11(10)13/h4,6-7,9H,3,5,8H2,1-2H3,(H,15,16). The van der Waals surface area contributed by atoms with Gasteiger partial charge in [-0.3, -0.25) is 4.79 Å². The Bertz CT molecular complexity index is 353. The van der Waals surface area contributed by atoms with Crippen LogP contribution in [0.25, 0.3) is 0 Å². The van der Waals surface area contributed by atoms with Crippen LogP contribution in [0.3, 0.4) is 0 Å². The van der Waals surface area contributed by atoms with Gasteiger partial charge in [-0.1, -0.05) is 13.8 Å². The summed E-state index contributed by atoms with van der Waals surface area (Å²) in [7, 11) is 0. The van der Waals surface area contributed by atoms with Crippen LogP contribution in [-0.2, 0) is 0 Å². The number of hydrogen-bond donors (Lipinski definition) is 1. The highest BCUT2D eigenvalue weighted by Gasteiger charge is 2.08. The van der Waals surface area contributed by atoms with Crippen LogP contribution in [0.5, 0.6) is 0 Å². The number of nitrogens with zero attached hydrogens (tertiary/aromatic N) is 1. The minimum absolute atomic E-state index is 0.0660. The van der Waals surface area contributed by atoms with Gasteiger partial charge in [0.2, 0.25) is 0 Å². The molecule has 0 saturated heterocycles. The van der Waals surface area contributed by atoms with E-state index in [2.05, 4.69) is 40.1 Å². The molecule has 0 radical (unpaired) electrons. The molecule has 0 aromatic carbocycles. The van der Waals surface area contributed by atoms with Crippen molar-refractivity contribution in [1.29, 1.82) is 0 Å². The number of rotatable bonds is 5. The third kappa shape index (κ3) is 4.31. The Morgan fingerprint density at radius 2 is 2.31 bits per heavy atom. The first-order valence-corrected chi connectivity index (χ1v) is 6.29. The van der Waals surface area contributed by atoms with Crippen LogP contribution in [0.2, 0.25) is 0 Å². The summed E-state index contributed by atoms with van der Waals surface area (Å²) in [5, 5.41) is 2.89. The fourth-order valence-electron chi connectivity index (χ4n) is 1.36. The van der Waals surface area contributed by atoms with Crippen molar-refractivity contribution in [3.63, 3.8) is 0 Å². The summed E-state index contributed by atoms with van der Waals surface area (Å²) in [5.41, 5.74) is 0.590. The van der Waals surface area contributed by atoms with Gasteiger partial charge in [0.05, 0.1) is 5.56 Å². The van der Waals surface area contributed by atoms with Crippen molar-refractivity contribution in [1.82, 2.24) is 10.3 Å². The van der Waals surface area contributed by atoms with Crippen molar-refractivity contribution in [2.75, 3.05) is 6.54 Å². The SMILES string of the molecule is CC(C)CCCNC(=O)c1cccnc1Br. The molecule has 0 aliphatic rings. The van der Waals surface area contributed by atoms with E-state index in [-0.39, 0.29) is 5.91 Å². The Hall–Kier alpha value is -0.900. The first-order valence-electron chi connectivity index (χ1n) is 5.50. The molecule has 16 heavy (non-hydrogen) atoms. The topological polar surface area (TPSA) is 42.0 Å². The maximum absolute atomic E-state index is 11.7. The third-order valence-corrected chi connectivity index (χ3v) is 2.88. The zero-order valence-corrected chi connectivity index (χ0v) is 11.3. The molecule has 1 aromatic rings. The Morgan fingerprint density at radius 1 is 1.56 bits per heavy atom. The van der Waals surface area contributed by atoms with Gasteiger partial charge in [0, 0.05) is 12.7 Å². The van der Waals surface area contributed by atoms with Crippen LogP contribution >= 0.6 is 15.9 Å². The van der Waals surface area contributed by atoms with Crippen molar-refractivity contribution in [3.8, 4) is 0 Å². The van der Waals surface area contributed by atoms with E-state index in [1.165, 1.54) is 0 Å². The maximum Gasteiger partial charge on any atom is 0.254 e. The Morgan fingerprint density at radius 3 is 2.94 bits per heavy atom. The van der Waals surface area contributed by atoms with Crippen LogP contribution in [-0.4, -0.2) is 17.4 Å². The molecule has 0 saturated carbocycles. The van der Waals surface area contributed by atoms with Crippen LogP contribution in [0, 0.1) is 5.92 Å².